The zero-order valence-corrected chi connectivity index (χ0v) is 14.9. The summed E-state index contributed by atoms with van der Waals surface area (Å²) < 4.78 is 0. The molecule has 1 unspecified atom stereocenters. The molecule has 0 aliphatic heterocycles. The molecule has 1 aromatic heterocycles. The molecule has 0 bridgehead atoms. The van der Waals surface area contributed by atoms with Crippen LogP contribution in [-0.4, -0.2) is 22.8 Å². The van der Waals surface area contributed by atoms with Crippen molar-refractivity contribution in [2.24, 2.45) is 0 Å². The molecule has 2 aromatic rings. The molecule has 122 valence electrons. The van der Waals surface area contributed by atoms with E-state index in [0.717, 1.165) is 10.4 Å². The van der Waals surface area contributed by atoms with Crippen molar-refractivity contribution in [3.63, 3.8) is 0 Å². The number of rotatable bonds is 5. The van der Waals surface area contributed by atoms with E-state index in [4.69, 9.17) is 23.2 Å². The van der Waals surface area contributed by atoms with Gasteiger partial charge in [0.25, 0.3) is 0 Å². The third-order valence-corrected chi connectivity index (χ3v) is 4.49. The number of nitrogens with one attached hydrogen (secondary N) is 2. The van der Waals surface area contributed by atoms with E-state index in [2.05, 4.69) is 15.6 Å². The van der Waals surface area contributed by atoms with Gasteiger partial charge in [0.1, 0.15) is 6.04 Å². The maximum Gasteiger partial charge on any atom is 0.248 e. The van der Waals surface area contributed by atoms with Crippen molar-refractivity contribution < 1.29 is 9.59 Å². The fraction of sp³-hybridized carbons (Fsp3) is 0.267. The number of benzene rings is 1. The number of aromatic nitrogens is 1. The summed E-state index contributed by atoms with van der Waals surface area (Å²) in [7, 11) is 0. The minimum absolute atomic E-state index is 0.261. The minimum atomic E-state index is -0.623. The first-order valence-electron chi connectivity index (χ1n) is 6.81. The van der Waals surface area contributed by atoms with Crippen molar-refractivity contribution in [3.05, 3.63) is 44.9 Å². The maximum atomic E-state index is 11.9. The van der Waals surface area contributed by atoms with Crippen LogP contribution in [-0.2, 0) is 16.0 Å². The van der Waals surface area contributed by atoms with E-state index in [1.807, 2.05) is 0 Å². The van der Waals surface area contributed by atoms with E-state index in [-0.39, 0.29) is 11.8 Å². The number of thiazole rings is 1. The zero-order valence-electron chi connectivity index (χ0n) is 12.5. The Morgan fingerprint density at radius 3 is 2.78 bits per heavy atom. The van der Waals surface area contributed by atoms with Crippen molar-refractivity contribution >= 4 is 51.5 Å². The fourth-order valence-corrected chi connectivity index (χ4v) is 3.12. The first-order chi connectivity index (χ1) is 10.8. The van der Waals surface area contributed by atoms with Crippen molar-refractivity contribution in [3.8, 4) is 0 Å². The molecule has 23 heavy (non-hydrogen) atoms. The smallest absolute Gasteiger partial charge is 0.248 e. The fourth-order valence-electron chi connectivity index (χ4n) is 1.90. The first-order valence-corrected chi connectivity index (χ1v) is 8.39. The lowest BCUT2D eigenvalue weighted by atomic mass is 10.1. The van der Waals surface area contributed by atoms with Crippen molar-refractivity contribution in [2.75, 3.05) is 5.32 Å². The Hall–Kier alpha value is -1.63. The summed E-state index contributed by atoms with van der Waals surface area (Å²) in [5.74, 6) is -0.579. The van der Waals surface area contributed by atoms with E-state index < -0.39 is 6.04 Å². The van der Waals surface area contributed by atoms with Gasteiger partial charge in [-0.1, -0.05) is 23.2 Å². The molecule has 0 fully saturated rings. The second-order valence-electron chi connectivity index (χ2n) is 4.96. The predicted octanol–water partition coefficient (Wildman–Crippen LogP) is 3.50. The predicted molar refractivity (Wildman–Crippen MR) is 93.3 cm³/mol. The van der Waals surface area contributed by atoms with Crippen LogP contribution in [0.3, 0.4) is 0 Å². The van der Waals surface area contributed by atoms with E-state index in [9.17, 15) is 9.59 Å². The molecule has 0 spiro atoms. The molecule has 1 atom stereocenters. The van der Waals surface area contributed by atoms with E-state index in [0.29, 0.717) is 21.6 Å². The van der Waals surface area contributed by atoms with Gasteiger partial charge in [-0.2, -0.15) is 0 Å². The normalized spacial score (nSPS) is 11.8. The second-order valence-corrected chi connectivity index (χ2v) is 6.91. The molecular weight excluding hydrogens is 357 g/mol. The zero-order chi connectivity index (χ0) is 17.0. The van der Waals surface area contributed by atoms with Gasteiger partial charge in [-0.3, -0.25) is 9.59 Å². The summed E-state index contributed by atoms with van der Waals surface area (Å²) in [5, 5.41) is 6.91. The highest BCUT2D eigenvalue weighted by atomic mass is 35.5. The number of anilines is 1. The van der Waals surface area contributed by atoms with Crippen LogP contribution in [0.4, 0.5) is 5.13 Å². The lowest BCUT2D eigenvalue weighted by Gasteiger charge is -2.10. The van der Waals surface area contributed by atoms with E-state index in [1.54, 1.807) is 31.3 Å². The molecule has 0 radical (unpaired) electrons. The molecule has 5 nitrogen and oxygen atoms in total. The van der Waals surface area contributed by atoms with Crippen molar-refractivity contribution in [2.45, 2.75) is 26.3 Å². The Bertz CT molecular complexity index is 733. The van der Waals surface area contributed by atoms with Gasteiger partial charge in [-0.05, 0) is 30.7 Å². The third kappa shape index (κ3) is 5.20. The number of nitrogens with zero attached hydrogens (tertiary/aromatic N) is 1. The number of hydrogen-bond acceptors (Lipinski definition) is 4. The molecule has 0 saturated heterocycles. The summed E-state index contributed by atoms with van der Waals surface area (Å²) >= 11 is 13.5. The molecule has 0 aliphatic rings. The maximum absolute atomic E-state index is 11.9. The molecule has 1 heterocycles. The Morgan fingerprint density at radius 2 is 2.09 bits per heavy atom. The summed E-state index contributed by atoms with van der Waals surface area (Å²) in [6.45, 7) is 2.97. The van der Waals surface area contributed by atoms with Crippen molar-refractivity contribution in [1.82, 2.24) is 10.3 Å². The average Bonchev–Trinajstić information content (AvgIpc) is 2.89. The molecule has 2 amide bonds. The number of carbonyl (C=O) groups excluding carboxylic acids is 2. The van der Waals surface area contributed by atoms with Crippen LogP contribution >= 0.6 is 34.5 Å². The Balaban J connectivity index is 2.02. The molecule has 2 rings (SSSR count). The van der Waals surface area contributed by atoms with Gasteiger partial charge >= 0.3 is 0 Å². The monoisotopic (exact) mass is 371 g/mol. The van der Waals surface area contributed by atoms with Gasteiger partial charge < -0.3 is 10.6 Å². The molecule has 0 saturated carbocycles. The van der Waals surface area contributed by atoms with Gasteiger partial charge in [0.05, 0.1) is 0 Å². The summed E-state index contributed by atoms with van der Waals surface area (Å²) in [6, 6.07) is 4.66. The van der Waals surface area contributed by atoms with Crippen LogP contribution < -0.4 is 10.6 Å². The van der Waals surface area contributed by atoms with E-state index >= 15 is 0 Å². The van der Waals surface area contributed by atoms with Crippen LogP contribution in [0.2, 0.25) is 10.0 Å². The van der Waals surface area contributed by atoms with Gasteiger partial charge in [-0.15, -0.1) is 11.3 Å². The summed E-state index contributed by atoms with van der Waals surface area (Å²) in [5.41, 5.74) is 0.896. The average molecular weight is 372 g/mol. The SMILES string of the molecule is CC(=O)NC(C)C(=O)Nc1ncc(Cc2cc(Cl)ccc2Cl)s1. The molecule has 8 heteroatoms. The highest BCUT2D eigenvalue weighted by Crippen LogP contribution is 2.26. The first kappa shape index (κ1) is 17.7. The Morgan fingerprint density at radius 1 is 1.35 bits per heavy atom. The van der Waals surface area contributed by atoms with Gasteiger partial charge in [0, 0.05) is 34.5 Å². The van der Waals surface area contributed by atoms with Crippen LogP contribution in [0.15, 0.2) is 24.4 Å². The number of hydrogen-bond donors (Lipinski definition) is 2. The molecule has 1 aromatic carbocycles. The summed E-state index contributed by atoms with van der Waals surface area (Å²) in [4.78, 5) is 28.0. The van der Waals surface area contributed by atoms with Crippen LogP contribution in [0.25, 0.3) is 0 Å². The van der Waals surface area contributed by atoms with Gasteiger partial charge in [0.2, 0.25) is 11.8 Å². The third-order valence-electron chi connectivity index (χ3n) is 2.97. The standard InChI is InChI=1S/C15H15Cl2N3O2S/c1-8(19-9(2)21)14(22)20-15-18-7-12(23-15)6-10-5-11(16)3-4-13(10)17/h3-5,7-8H,6H2,1-2H3,(H,19,21)(H,18,20,22). The second kappa shape index (κ2) is 7.77. The van der Waals surface area contributed by atoms with Crippen LogP contribution in [0.1, 0.15) is 24.3 Å². The summed E-state index contributed by atoms with van der Waals surface area (Å²) in [6.07, 6.45) is 2.26. The van der Waals surface area contributed by atoms with Crippen LogP contribution in [0, 0.1) is 0 Å². The highest BCUT2D eigenvalue weighted by Gasteiger charge is 2.15. The van der Waals surface area contributed by atoms with E-state index in [1.165, 1.54) is 18.3 Å². The number of amides is 2. The van der Waals surface area contributed by atoms with Crippen LogP contribution in [0.5, 0.6) is 0 Å². The molecule has 2 N–H and O–H groups in total. The van der Waals surface area contributed by atoms with Crippen molar-refractivity contribution in [1.29, 1.82) is 0 Å². The van der Waals surface area contributed by atoms with Gasteiger partial charge in [-0.25, -0.2) is 4.98 Å². The Labute approximate surface area is 148 Å². The number of carbonyl (C=O) groups is 2. The topological polar surface area (TPSA) is 71.1 Å². The Kier molecular flexibility index (Phi) is 5.98. The molecular formula is C15H15Cl2N3O2S. The lowest BCUT2D eigenvalue weighted by Crippen LogP contribution is -2.40. The molecule has 0 aliphatic carbocycles. The highest BCUT2D eigenvalue weighted by molar-refractivity contribution is 7.15. The minimum Gasteiger partial charge on any atom is -0.345 e. The van der Waals surface area contributed by atoms with Gasteiger partial charge in [0.15, 0.2) is 5.13 Å². The lowest BCUT2D eigenvalue weighted by molar-refractivity contribution is -0.124. The largest absolute Gasteiger partial charge is 0.345 e. The number of halogens is 2. The quantitative estimate of drug-likeness (QED) is 0.844.